The Morgan fingerprint density at radius 1 is 1.53 bits per heavy atom. The highest BCUT2D eigenvalue weighted by molar-refractivity contribution is 5.86. The van der Waals surface area contributed by atoms with Gasteiger partial charge in [0.1, 0.15) is 5.54 Å². The Hall–Kier alpha value is -1.85. The lowest BCUT2D eigenvalue weighted by Crippen LogP contribution is -2.45. The number of primary amides is 1. The first-order chi connectivity index (χ1) is 7.81. The Kier molecular flexibility index (Phi) is 3.88. The number of anilines is 1. The van der Waals surface area contributed by atoms with Crippen molar-refractivity contribution in [2.45, 2.75) is 39.3 Å². The summed E-state index contributed by atoms with van der Waals surface area (Å²) in [4.78, 5) is 19.3. The van der Waals surface area contributed by atoms with E-state index in [4.69, 9.17) is 10.5 Å². The molecule has 0 aliphatic carbocycles. The topological polar surface area (TPSA) is 90.1 Å². The van der Waals surface area contributed by atoms with E-state index in [1.54, 1.807) is 26.1 Å². The molecule has 0 unspecified atom stereocenters. The van der Waals surface area contributed by atoms with Gasteiger partial charge in [0.25, 0.3) is 0 Å². The van der Waals surface area contributed by atoms with Crippen molar-refractivity contribution < 1.29 is 9.53 Å². The number of aromatic nitrogens is 2. The summed E-state index contributed by atoms with van der Waals surface area (Å²) in [6, 6.07) is 1.66. The summed E-state index contributed by atoms with van der Waals surface area (Å²) in [5, 5.41) is 2.85. The molecule has 0 saturated carbocycles. The normalized spacial score (nSPS) is 11.4. The minimum atomic E-state index is -0.906. The third-order valence-corrected chi connectivity index (χ3v) is 2.03. The van der Waals surface area contributed by atoms with Crippen molar-refractivity contribution >= 4 is 11.9 Å². The molecule has 0 aliphatic rings. The lowest BCUT2D eigenvalue weighted by atomic mass is 10.1. The summed E-state index contributed by atoms with van der Waals surface area (Å²) in [5.74, 6) is 0.293. The quantitative estimate of drug-likeness (QED) is 0.796. The Balaban J connectivity index is 2.82. The highest BCUT2D eigenvalue weighted by Crippen LogP contribution is 2.14. The van der Waals surface area contributed by atoms with E-state index in [-0.39, 0.29) is 6.10 Å². The molecule has 1 heterocycles. The summed E-state index contributed by atoms with van der Waals surface area (Å²) < 4.78 is 5.42. The molecule has 6 nitrogen and oxygen atoms in total. The standard InChI is InChI=1S/C11H18N4O2/c1-7(2)17-8-5-6-13-10(14-8)15-11(3,4)9(12)16/h5-7H,1-4H3,(H2,12,16)(H,13,14,15). The summed E-state index contributed by atoms with van der Waals surface area (Å²) in [6.45, 7) is 7.13. The van der Waals surface area contributed by atoms with Gasteiger partial charge in [0.15, 0.2) is 0 Å². The van der Waals surface area contributed by atoms with Crippen molar-refractivity contribution in [1.29, 1.82) is 0 Å². The maximum Gasteiger partial charge on any atom is 0.242 e. The Morgan fingerprint density at radius 3 is 2.71 bits per heavy atom. The largest absolute Gasteiger partial charge is 0.475 e. The summed E-state index contributed by atoms with van der Waals surface area (Å²) >= 11 is 0. The van der Waals surface area contributed by atoms with Crippen LogP contribution in [0.5, 0.6) is 5.88 Å². The Bertz CT molecular complexity index is 404. The molecule has 1 amide bonds. The lowest BCUT2D eigenvalue weighted by molar-refractivity contribution is -0.121. The molecule has 0 radical (unpaired) electrons. The van der Waals surface area contributed by atoms with Crippen LogP contribution in [0.4, 0.5) is 5.95 Å². The van der Waals surface area contributed by atoms with Gasteiger partial charge in [0.2, 0.25) is 17.7 Å². The van der Waals surface area contributed by atoms with E-state index in [0.717, 1.165) is 0 Å². The van der Waals surface area contributed by atoms with Crippen LogP contribution in [0.15, 0.2) is 12.3 Å². The minimum absolute atomic E-state index is 0.0295. The molecular weight excluding hydrogens is 220 g/mol. The molecule has 0 bridgehead atoms. The molecule has 6 heteroatoms. The van der Waals surface area contributed by atoms with Crippen molar-refractivity contribution in [3.63, 3.8) is 0 Å². The molecule has 0 aromatic carbocycles. The van der Waals surface area contributed by atoms with Gasteiger partial charge in [0, 0.05) is 12.3 Å². The number of ether oxygens (including phenoxy) is 1. The van der Waals surface area contributed by atoms with Crippen LogP contribution in [-0.4, -0.2) is 27.5 Å². The summed E-state index contributed by atoms with van der Waals surface area (Å²) in [5.41, 5.74) is 4.34. The number of carbonyl (C=O) groups is 1. The van der Waals surface area contributed by atoms with Gasteiger partial charge in [-0.3, -0.25) is 4.79 Å². The van der Waals surface area contributed by atoms with E-state index < -0.39 is 11.4 Å². The number of nitrogens with two attached hydrogens (primary N) is 1. The third kappa shape index (κ3) is 3.90. The number of carbonyl (C=O) groups excluding carboxylic acids is 1. The average Bonchev–Trinajstić information content (AvgIpc) is 2.15. The molecule has 0 saturated heterocycles. The van der Waals surface area contributed by atoms with Crippen LogP contribution in [0.2, 0.25) is 0 Å². The molecular formula is C11H18N4O2. The second-order valence-electron chi connectivity index (χ2n) is 4.50. The van der Waals surface area contributed by atoms with Crippen molar-refractivity contribution in [3.8, 4) is 5.88 Å². The van der Waals surface area contributed by atoms with Crippen molar-refractivity contribution in [3.05, 3.63) is 12.3 Å². The average molecular weight is 238 g/mol. The smallest absolute Gasteiger partial charge is 0.242 e. The van der Waals surface area contributed by atoms with Crippen LogP contribution < -0.4 is 15.8 Å². The van der Waals surface area contributed by atoms with Gasteiger partial charge in [-0.25, -0.2) is 4.98 Å². The van der Waals surface area contributed by atoms with Crippen molar-refractivity contribution in [2.24, 2.45) is 5.73 Å². The first kappa shape index (κ1) is 13.2. The molecule has 17 heavy (non-hydrogen) atoms. The number of amides is 1. The molecule has 0 atom stereocenters. The van der Waals surface area contributed by atoms with Gasteiger partial charge >= 0.3 is 0 Å². The van der Waals surface area contributed by atoms with Crippen LogP contribution in [0, 0.1) is 0 Å². The van der Waals surface area contributed by atoms with Gasteiger partial charge in [-0.05, 0) is 27.7 Å². The van der Waals surface area contributed by atoms with Crippen LogP contribution in [0.3, 0.4) is 0 Å². The fourth-order valence-corrected chi connectivity index (χ4v) is 1.05. The van der Waals surface area contributed by atoms with E-state index in [1.165, 1.54) is 0 Å². The van der Waals surface area contributed by atoms with Gasteiger partial charge in [-0.2, -0.15) is 4.98 Å². The number of nitrogens with one attached hydrogen (secondary N) is 1. The first-order valence-electron chi connectivity index (χ1n) is 5.39. The maximum atomic E-state index is 11.2. The summed E-state index contributed by atoms with van der Waals surface area (Å²) in [7, 11) is 0. The first-order valence-corrected chi connectivity index (χ1v) is 5.39. The minimum Gasteiger partial charge on any atom is -0.475 e. The third-order valence-electron chi connectivity index (χ3n) is 2.03. The van der Waals surface area contributed by atoms with E-state index in [0.29, 0.717) is 11.8 Å². The zero-order valence-electron chi connectivity index (χ0n) is 10.5. The molecule has 1 aromatic rings. The molecule has 1 aromatic heterocycles. The van der Waals surface area contributed by atoms with E-state index in [1.807, 2.05) is 13.8 Å². The highest BCUT2D eigenvalue weighted by Gasteiger charge is 2.25. The molecule has 3 N–H and O–H groups in total. The Morgan fingerprint density at radius 2 is 2.18 bits per heavy atom. The summed E-state index contributed by atoms with van der Waals surface area (Å²) in [6.07, 6.45) is 1.59. The number of nitrogens with zero attached hydrogens (tertiary/aromatic N) is 2. The predicted molar refractivity (Wildman–Crippen MR) is 64.7 cm³/mol. The SMILES string of the molecule is CC(C)Oc1ccnc(NC(C)(C)C(N)=O)n1. The molecule has 1 rings (SSSR count). The fourth-order valence-electron chi connectivity index (χ4n) is 1.05. The van der Waals surface area contributed by atoms with Gasteiger partial charge in [0.05, 0.1) is 6.10 Å². The van der Waals surface area contributed by atoms with Crippen LogP contribution in [0.1, 0.15) is 27.7 Å². The molecule has 0 fully saturated rings. The van der Waals surface area contributed by atoms with Gasteiger partial charge in [-0.15, -0.1) is 0 Å². The Labute approximate surface area is 101 Å². The number of rotatable bonds is 5. The van der Waals surface area contributed by atoms with E-state index in [2.05, 4.69) is 15.3 Å². The van der Waals surface area contributed by atoms with E-state index >= 15 is 0 Å². The van der Waals surface area contributed by atoms with Crippen molar-refractivity contribution in [1.82, 2.24) is 9.97 Å². The number of hydrogen-bond donors (Lipinski definition) is 2. The fraction of sp³-hybridized carbons (Fsp3) is 0.545. The predicted octanol–water partition coefficient (Wildman–Crippen LogP) is 0.940. The molecule has 0 aliphatic heterocycles. The van der Waals surface area contributed by atoms with Crippen LogP contribution in [0.25, 0.3) is 0 Å². The van der Waals surface area contributed by atoms with Crippen LogP contribution in [-0.2, 0) is 4.79 Å². The second-order valence-corrected chi connectivity index (χ2v) is 4.50. The molecule has 0 spiro atoms. The number of hydrogen-bond acceptors (Lipinski definition) is 5. The zero-order valence-corrected chi connectivity index (χ0v) is 10.5. The maximum absolute atomic E-state index is 11.2. The monoisotopic (exact) mass is 238 g/mol. The lowest BCUT2D eigenvalue weighted by Gasteiger charge is -2.22. The second kappa shape index (κ2) is 4.99. The van der Waals surface area contributed by atoms with E-state index in [9.17, 15) is 4.79 Å². The highest BCUT2D eigenvalue weighted by atomic mass is 16.5. The zero-order chi connectivity index (χ0) is 13.1. The van der Waals surface area contributed by atoms with Gasteiger partial charge in [-0.1, -0.05) is 0 Å². The van der Waals surface area contributed by atoms with Gasteiger partial charge < -0.3 is 15.8 Å². The van der Waals surface area contributed by atoms with Crippen LogP contribution >= 0.6 is 0 Å². The van der Waals surface area contributed by atoms with Crippen molar-refractivity contribution in [2.75, 3.05) is 5.32 Å². The molecule has 94 valence electrons.